The Morgan fingerprint density at radius 2 is 2.04 bits per heavy atom. The van der Waals surface area contributed by atoms with Crippen LogP contribution < -0.4 is 10.2 Å². The molecule has 3 aromatic rings. The van der Waals surface area contributed by atoms with Crippen molar-refractivity contribution in [3.63, 3.8) is 0 Å². The number of para-hydroxylation sites is 1. The van der Waals surface area contributed by atoms with Gasteiger partial charge in [-0.3, -0.25) is 4.79 Å². The van der Waals surface area contributed by atoms with Gasteiger partial charge >= 0.3 is 0 Å². The predicted molar refractivity (Wildman–Crippen MR) is 98.1 cm³/mol. The summed E-state index contributed by atoms with van der Waals surface area (Å²) in [7, 11) is 1.63. The minimum atomic E-state index is -0.249. The van der Waals surface area contributed by atoms with Gasteiger partial charge in [-0.15, -0.1) is 0 Å². The Bertz CT molecular complexity index is 932. The molecular weight excluding hydrogens is 330 g/mol. The van der Waals surface area contributed by atoms with Crippen molar-refractivity contribution in [1.29, 1.82) is 0 Å². The molecule has 2 aromatic heterocycles. The van der Waals surface area contributed by atoms with Crippen LogP contribution in [0.25, 0.3) is 10.9 Å². The molecule has 4 rings (SSSR count). The second-order valence-corrected chi connectivity index (χ2v) is 6.05. The number of rotatable bonds is 3. The number of ether oxygens (including phenoxy) is 1. The first-order chi connectivity index (χ1) is 12.8. The van der Waals surface area contributed by atoms with E-state index in [1.54, 1.807) is 25.5 Å². The number of nitrogens with zero attached hydrogens (tertiary/aromatic N) is 4. The normalized spacial score (nSPS) is 17.3. The first-order valence-electron chi connectivity index (χ1n) is 8.51. The van der Waals surface area contributed by atoms with E-state index in [4.69, 9.17) is 9.72 Å². The molecular formula is C19H19N5O2. The first kappa shape index (κ1) is 16.4. The third-order valence-corrected chi connectivity index (χ3v) is 4.44. The van der Waals surface area contributed by atoms with Crippen LogP contribution in [-0.2, 0) is 4.74 Å². The second kappa shape index (κ2) is 7.05. The summed E-state index contributed by atoms with van der Waals surface area (Å²) in [6.45, 7) is 1.85. The third-order valence-electron chi connectivity index (χ3n) is 4.44. The molecule has 1 amide bonds. The molecule has 0 saturated carbocycles. The Balaban J connectivity index is 1.70. The molecule has 1 atom stereocenters. The van der Waals surface area contributed by atoms with Gasteiger partial charge in [0, 0.05) is 31.4 Å². The summed E-state index contributed by atoms with van der Waals surface area (Å²) >= 11 is 0. The van der Waals surface area contributed by atoms with Crippen LogP contribution in [0.2, 0.25) is 0 Å². The minimum Gasteiger partial charge on any atom is -0.368 e. The molecule has 1 fully saturated rings. The predicted octanol–water partition coefficient (Wildman–Crippen LogP) is 1.96. The van der Waals surface area contributed by atoms with Crippen molar-refractivity contribution < 1.29 is 9.53 Å². The Morgan fingerprint density at radius 1 is 1.23 bits per heavy atom. The van der Waals surface area contributed by atoms with Crippen LogP contribution >= 0.6 is 0 Å². The minimum absolute atomic E-state index is 0.135. The number of benzene rings is 1. The fourth-order valence-corrected chi connectivity index (χ4v) is 3.15. The molecule has 3 heterocycles. The number of anilines is 1. The van der Waals surface area contributed by atoms with E-state index in [1.807, 2.05) is 30.3 Å². The zero-order chi connectivity index (χ0) is 17.9. The van der Waals surface area contributed by atoms with Crippen LogP contribution in [0.3, 0.4) is 0 Å². The van der Waals surface area contributed by atoms with Gasteiger partial charge in [0.1, 0.15) is 6.10 Å². The monoisotopic (exact) mass is 349 g/mol. The van der Waals surface area contributed by atoms with Gasteiger partial charge in [0.05, 0.1) is 29.9 Å². The smallest absolute Gasteiger partial charge is 0.251 e. The average molecular weight is 349 g/mol. The Morgan fingerprint density at radius 3 is 2.85 bits per heavy atom. The van der Waals surface area contributed by atoms with Gasteiger partial charge in [0.2, 0.25) is 5.95 Å². The number of amides is 1. The summed E-state index contributed by atoms with van der Waals surface area (Å²) < 4.78 is 5.94. The highest BCUT2D eigenvalue weighted by molar-refractivity contribution is 6.06. The SMILES string of the molecule is CNC(=O)c1cc([C@@H]2CN(c3ncccn3)CCO2)nc2ccccc12. The zero-order valence-corrected chi connectivity index (χ0v) is 14.4. The Hall–Kier alpha value is -3.06. The van der Waals surface area contributed by atoms with Crippen molar-refractivity contribution in [3.05, 3.63) is 60.0 Å². The maximum atomic E-state index is 12.3. The summed E-state index contributed by atoms with van der Waals surface area (Å²) in [5.74, 6) is 0.539. The molecule has 1 aliphatic heterocycles. The van der Waals surface area contributed by atoms with E-state index < -0.39 is 0 Å². The lowest BCUT2D eigenvalue weighted by atomic mass is 10.0. The molecule has 0 unspecified atom stereocenters. The van der Waals surface area contributed by atoms with E-state index in [1.165, 1.54) is 0 Å². The molecule has 7 nitrogen and oxygen atoms in total. The van der Waals surface area contributed by atoms with Crippen LogP contribution in [0.4, 0.5) is 5.95 Å². The van der Waals surface area contributed by atoms with Crippen molar-refractivity contribution >= 4 is 22.8 Å². The van der Waals surface area contributed by atoms with Gasteiger partial charge < -0.3 is 15.0 Å². The molecule has 0 spiro atoms. The van der Waals surface area contributed by atoms with Crippen LogP contribution in [0.1, 0.15) is 22.2 Å². The highest BCUT2D eigenvalue weighted by atomic mass is 16.5. The number of fused-ring (bicyclic) bond motifs is 1. The fourth-order valence-electron chi connectivity index (χ4n) is 3.15. The molecule has 1 aliphatic rings. The maximum Gasteiger partial charge on any atom is 0.251 e. The molecule has 26 heavy (non-hydrogen) atoms. The lowest BCUT2D eigenvalue weighted by Gasteiger charge is -2.32. The maximum absolute atomic E-state index is 12.3. The number of pyridine rings is 1. The lowest BCUT2D eigenvalue weighted by Crippen LogP contribution is -2.39. The summed E-state index contributed by atoms with van der Waals surface area (Å²) in [6.07, 6.45) is 3.20. The van der Waals surface area contributed by atoms with Crippen molar-refractivity contribution in [2.75, 3.05) is 31.6 Å². The topological polar surface area (TPSA) is 80.2 Å². The standard InChI is InChI=1S/C19H19N5O2/c1-20-18(25)14-11-16(23-15-6-3-2-5-13(14)15)17-12-24(9-10-26-17)19-21-7-4-8-22-19/h2-8,11,17H,9-10,12H2,1H3,(H,20,25)/t17-/m0/s1. The van der Waals surface area contributed by atoms with Crippen LogP contribution in [0.15, 0.2) is 48.8 Å². The largest absolute Gasteiger partial charge is 0.368 e. The number of carbonyl (C=O) groups is 1. The van der Waals surface area contributed by atoms with Gasteiger partial charge in [-0.2, -0.15) is 0 Å². The highest BCUT2D eigenvalue weighted by Crippen LogP contribution is 2.27. The van der Waals surface area contributed by atoms with Crippen LogP contribution in [0.5, 0.6) is 0 Å². The van der Waals surface area contributed by atoms with Crippen LogP contribution in [-0.4, -0.2) is 47.6 Å². The van der Waals surface area contributed by atoms with Crippen molar-refractivity contribution in [3.8, 4) is 0 Å². The van der Waals surface area contributed by atoms with Gasteiger partial charge in [-0.05, 0) is 18.2 Å². The second-order valence-electron chi connectivity index (χ2n) is 6.05. The quantitative estimate of drug-likeness (QED) is 0.779. The number of hydrogen-bond acceptors (Lipinski definition) is 6. The summed E-state index contributed by atoms with van der Waals surface area (Å²) in [6, 6.07) is 11.2. The summed E-state index contributed by atoms with van der Waals surface area (Å²) in [5.41, 5.74) is 2.12. The molecule has 0 bridgehead atoms. The van der Waals surface area contributed by atoms with E-state index in [2.05, 4.69) is 20.2 Å². The number of aromatic nitrogens is 3. The zero-order valence-electron chi connectivity index (χ0n) is 14.4. The summed E-state index contributed by atoms with van der Waals surface area (Å²) in [5, 5.41) is 3.53. The van der Waals surface area contributed by atoms with Gasteiger partial charge in [0.15, 0.2) is 0 Å². The van der Waals surface area contributed by atoms with E-state index in [0.717, 1.165) is 23.1 Å². The van der Waals surface area contributed by atoms with Gasteiger partial charge in [0.25, 0.3) is 5.91 Å². The van der Waals surface area contributed by atoms with Crippen molar-refractivity contribution in [2.24, 2.45) is 0 Å². The highest BCUT2D eigenvalue weighted by Gasteiger charge is 2.26. The van der Waals surface area contributed by atoms with Gasteiger partial charge in [-0.1, -0.05) is 18.2 Å². The molecule has 0 radical (unpaired) electrons. The first-order valence-corrected chi connectivity index (χ1v) is 8.51. The number of nitrogens with one attached hydrogen (secondary N) is 1. The summed E-state index contributed by atoms with van der Waals surface area (Å²) in [4.78, 5) is 27.8. The molecule has 0 aliphatic carbocycles. The molecule has 1 N–H and O–H groups in total. The molecule has 7 heteroatoms. The number of hydrogen-bond donors (Lipinski definition) is 1. The molecule has 132 valence electrons. The van der Waals surface area contributed by atoms with Crippen LogP contribution in [0, 0.1) is 0 Å². The number of morpholine rings is 1. The molecule has 1 aromatic carbocycles. The van der Waals surface area contributed by atoms with Gasteiger partial charge in [-0.25, -0.2) is 15.0 Å². The van der Waals surface area contributed by atoms with E-state index >= 15 is 0 Å². The van der Waals surface area contributed by atoms with E-state index in [9.17, 15) is 4.79 Å². The van der Waals surface area contributed by atoms with Crippen molar-refractivity contribution in [2.45, 2.75) is 6.10 Å². The Kier molecular flexibility index (Phi) is 4.45. The average Bonchev–Trinajstić information content (AvgIpc) is 2.73. The van der Waals surface area contributed by atoms with E-state index in [0.29, 0.717) is 24.7 Å². The van der Waals surface area contributed by atoms with Crippen molar-refractivity contribution in [1.82, 2.24) is 20.3 Å². The van der Waals surface area contributed by atoms with E-state index in [-0.39, 0.29) is 12.0 Å². The molecule has 1 saturated heterocycles. The fraction of sp³-hybridized carbons (Fsp3) is 0.263. The Labute approximate surface area is 151 Å². The number of carbonyl (C=O) groups excluding carboxylic acids is 1. The lowest BCUT2D eigenvalue weighted by molar-refractivity contribution is 0.0366. The third kappa shape index (κ3) is 3.09.